The summed E-state index contributed by atoms with van der Waals surface area (Å²) in [5.41, 5.74) is 3.10. The van der Waals surface area contributed by atoms with Crippen LogP contribution in [0.2, 0.25) is 0 Å². The van der Waals surface area contributed by atoms with Crippen molar-refractivity contribution in [3.8, 4) is 0 Å². The molecule has 0 heterocycles. The van der Waals surface area contributed by atoms with E-state index < -0.39 is 0 Å². The molecule has 0 bridgehead atoms. The summed E-state index contributed by atoms with van der Waals surface area (Å²) in [6.45, 7) is 5.69. The van der Waals surface area contributed by atoms with E-state index in [1.165, 1.54) is 24.0 Å². The Labute approximate surface area is 128 Å². The predicted octanol–water partition coefficient (Wildman–Crippen LogP) is 4.50. The van der Waals surface area contributed by atoms with Gasteiger partial charge in [0, 0.05) is 18.0 Å². The zero-order valence-electron chi connectivity index (χ0n) is 13.0. The summed E-state index contributed by atoms with van der Waals surface area (Å²) in [4.78, 5) is 0. The van der Waals surface area contributed by atoms with E-state index in [0.29, 0.717) is 6.04 Å². The van der Waals surface area contributed by atoms with Gasteiger partial charge in [-0.3, -0.25) is 0 Å². The van der Waals surface area contributed by atoms with Gasteiger partial charge in [0.2, 0.25) is 0 Å². The molecule has 3 rings (SSSR count). The molecule has 0 amide bonds. The molecule has 0 unspecified atom stereocenters. The molecule has 1 heteroatoms. The topological polar surface area (TPSA) is 12.0 Å². The van der Waals surface area contributed by atoms with Crippen molar-refractivity contribution in [3.05, 3.63) is 71.8 Å². The van der Waals surface area contributed by atoms with E-state index in [4.69, 9.17) is 0 Å². The van der Waals surface area contributed by atoms with Crippen LogP contribution in [-0.4, -0.2) is 12.6 Å². The molecular formula is C20H25N. The summed E-state index contributed by atoms with van der Waals surface area (Å²) in [7, 11) is 0. The standard InChI is InChI=1S/C20H25N/c1-20(2,18-11-7-4-8-12-18)15-21-19-13-17(14-19)16-9-5-3-6-10-16/h3-12,17,19,21H,13-15H2,1-2H3. The lowest BCUT2D eigenvalue weighted by atomic mass is 9.75. The molecule has 1 aliphatic carbocycles. The molecule has 2 aromatic rings. The van der Waals surface area contributed by atoms with Gasteiger partial charge in [0.1, 0.15) is 0 Å². The van der Waals surface area contributed by atoms with Crippen LogP contribution in [0.4, 0.5) is 0 Å². The van der Waals surface area contributed by atoms with E-state index in [9.17, 15) is 0 Å². The lowest BCUT2D eigenvalue weighted by molar-refractivity contribution is 0.272. The van der Waals surface area contributed by atoms with Crippen LogP contribution in [0.15, 0.2) is 60.7 Å². The first-order chi connectivity index (χ1) is 10.1. The molecule has 110 valence electrons. The zero-order valence-corrected chi connectivity index (χ0v) is 13.0. The van der Waals surface area contributed by atoms with Crippen LogP contribution in [0.5, 0.6) is 0 Å². The van der Waals surface area contributed by atoms with E-state index in [-0.39, 0.29) is 5.41 Å². The summed E-state index contributed by atoms with van der Waals surface area (Å²) in [5, 5.41) is 3.76. The molecule has 0 spiro atoms. The number of benzene rings is 2. The van der Waals surface area contributed by atoms with E-state index in [1.807, 2.05) is 0 Å². The number of rotatable bonds is 5. The molecule has 1 saturated carbocycles. The van der Waals surface area contributed by atoms with Gasteiger partial charge in [-0.05, 0) is 29.9 Å². The summed E-state index contributed by atoms with van der Waals surface area (Å²) in [6.07, 6.45) is 2.55. The van der Waals surface area contributed by atoms with Crippen molar-refractivity contribution in [2.75, 3.05) is 6.54 Å². The minimum atomic E-state index is 0.194. The maximum atomic E-state index is 3.76. The Morgan fingerprint density at radius 2 is 1.48 bits per heavy atom. The van der Waals surface area contributed by atoms with Crippen LogP contribution in [0.25, 0.3) is 0 Å². The average Bonchev–Trinajstić information content (AvgIpc) is 2.47. The SMILES string of the molecule is CC(C)(CNC1CC(c2ccccc2)C1)c1ccccc1. The Hall–Kier alpha value is -1.60. The Morgan fingerprint density at radius 3 is 2.10 bits per heavy atom. The summed E-state index contributed by atoms with van der Waals surface area (Å²) < 4.78 is 0. The predicted molar refractivity (Wildman–Crippen MR) is 89.7 cm³/mol. The molecule has 1 fully saturated rings. The Morgan fingerprint density at radius 1 is 0.905 bits per heavy atom. The number of hydrogen-bond donors (Lipinski definition) is 1. The van der Waals surface area contributed by atoms with E-state index >= 15 is 0 Å². The molecule has 2 aromatic carbocycles. The highest BCUT2D eigenvalue weighted by molar-refractivity contribution is 5.25. The maximum Gasteiger partial charge on any atom is 0.00790 e. The lowest BCUT2D eigenvalue weighted by Crippen LogP contribution is -2.45. The van der Waals surface area contributed by atoms with Crippen molar-refractivity contribution in [3.63, 3.8) is 0 Å². The normalized spacial score (nSPS) is 21.8. The van der Waals surface area contributed by atoms with Gasteiger partial charge in [0.15, 0.2) is 0 Å². The van der Waals surface area contributed by atoms with Crippen molar-refractivity contribution in [1.82, 2.24) is 5.32 Å². The fourth-order valence-electron chi connectivity index (χ4n) is 3.17. The molecule has 0 aromatic heterocycles. The van der Waals surface area contributed by atoms with Crippen LogP contribution in [-0.2, 0) is 5.41 Å². The summed E-state index contributed by atoms with van der Waals surface area (Å²) in [5.74, 6) is 0.753. The van der Waals surface area contributed by atoms with Gasteiger partial charge in [-0.15, -0.1) is 0 Å². The maximum absolute atomic E-state index is 3.76. The molecule has 1 N–H and O–H groups in total. The van der Waals surface area contributed by atoms with Gasteiger partial charge in [0.25, 0.3) is 0 Å². The summed E-state index contributed by atoms with van der Waals surface area (Å²) >= 11 is 0. The average molecular weight is 279 g/mol. The van der Waals surface area contributed by atoms with Gasteiger partial charge in [-0.1, -0.05) is 74.5 Å². The van der Waals surface area contributed by atoms with Crippen LogP contribution in [0.1, 0.15) is 43.7 Å². The molecule has 0 aliphatic heterocycles. The molecular weight excluding hydrogens is 254 g/mol. The van der Waals surface area contributed by atoms with Gasteiger partial charge in [-0.2, -0.15) is 0 Å². The van der Waals surface area contributed by atoms with Gasteiger partial charge in [-0.25, -0.2) is 0 Å². The molecule has 0 radical (unpaired) electrons. The molecule has 0 saturated heterocycles. The molecule has 1 aliphatic rings. The fraction of sp³-hybridized carbons (Fsp3) is 0.400. The van der Waals surface area contributed by atoms with Crippen molar-refractivity contribution in [2.24, 2.45) is 0 Å². The van der Waals surface area contributed by atoms with Crippen molar-refractivity contribution < 1.29 is 0 Å². The third-order valence-corrected chi connectivity index (χ3v) is 4.80. The number of hydrogen-bond acceptors (Lipinski definition) is 1. The summed E-state index contributed by atoms with van der Waals surface area (Å²) in [6, 6.07) is 22.4. The second-order valence-corrected chi connectivity index (χ2v) is 6.91. The van der Waals surface area contributed by atoms with Crippen molar-refractivity contribution >= 4 is 0 Å². The van der Waals surface area contributed by atoms with Crippen LogP contribution < -0.4 is 5.32 Å². The molecule has 1 nitrogen and oxygen atoms in total. The second-order valence-electron chi connectivity index (χ2n) is 6.91. The van der Waals surface area contributed by atoms with Crippen LogP contribution >= 0.6 is 0 Å². The number of nitrogens with one attached hydrogen (secondary N) is 1. The molecule has 0 atom stereocenters. The second kappa shape index (κ2) is 6.03. The highest BCUT2D eigenvalue weighted by atomic mass is 14.9. The van der Waals surface area contributed by atoms with Crippen LogP contribution in [0.3, 0.4) is 0 Å². The lowest BCUT2D eigenvalue weighted by Gasteiger charge is -2.38. The van der Waals surface area contributed by atoms with Gasteiger partial charge < -0.3 is 5.32 Å². The van der Waals surface area contributed by atoms with Gasteiger partial charge in [0.05, 0.1) is 0 Å². The minimum absolute atomic E-state index is 0.194. The Balaban J connectivity index is 1.49. The monoisotopic (exact) mass is 279 g/mol. The van der Waals surface area contributed by atoms with Crippen LogP contribution in [0, 0.1) is 0 Å². The van der Waals surface area contributed by atoms with Gasteiger partial charge >= 0.3 is 0 Å². The zero-order chi connectivity index (χ0) is 14.7. The third-order valence-electron chi connectivity index (χ3n) is 4.80. The first-order valence-corrected chi connectivity index (χ1v) is 7.99. The fourth-order valence-corrected chi connectivity index (χ4v) is 3.17. The largest absolute Gasteiger partial charge is 0.313 e. The van der Waals surface area contributed by atoms with E-state index in [2.05, 4.69) is 79.8 Å². The smallest absolute Gasteiger partial charge is 0.00790 e. The highest BCUT2D eigenvalue weighted by Gasteiger charge is 2.31. The van der Waals surface area contributed by atoms with E-state index in [1.54, 1.807) is 0 Å². The first-order valence-electron chi connectivity index (χ1n) is 7.99. The highest BCUT2D eigenvalue weighted by Crippen LogP contribution is 2.37. The Kier molecular flexibility index (Phi) is 4.12. The first kappa shape index (κ1) is 14.3. The van der Waals surface area contributed by atoms with Crippen molar-refractivity contribution in [1.29, 1.82) is 0 Å². The Bertz CT molecular complexity index is 553. The van der Waals surface area contributed by atoms with E-state index in [0.717, 1.165) is 12.5 Å². The quantitative estimate of drug-likeness (QED) is 0.849. The third kappa shape index (κ3) is 3.36. The minimum Gasteiger partial charge on any atom is -0.313 e. The molecule has 21 heavy (non-hydrogen) atoms. The van der Waals surface area contributed by atoms with Crippen molar-refractivity contribution in [2.45, 2.75) is 44.1 Å².